The standard InChI is InChI=1S/C13H18BrNO2/c1-3-13(8-16-2)7-11(15)10-5-4-9(14)6-12(10)17-13/h4-6,11H,3,7-8,15H2,1-2H3/t11-,13?/m1/s1. The summed E-state index contributed by atoms with van der Waals surface area (Å²) in [6.07, 6.45) is 1.69. The first-order chi connectivity index (χ1) is 8.10. The highest BCUT2D eigenvalue weighted by atomic mass is 79.9. The molecule has 0 fully saturated rings. The van der Waals surface area contributed by atoms with Crippen molar-refractivity contribution in [2.24, 2.45) is 5.73 Å². The summed E-state index contributed by atoms with van der Waals surface area (Å²) in [7, 11) is 1.70. The van der Waals surface area contributed by atoms with Gasteiger partial charge in [-0.2, -0.15) is 0 Å². The van der Waals surface area contributed by atoms with Crippen molar-refractivity contribution < 1.29 is 9.47 Å². The highest BCUT2D eigenvalue weighted by Gasteiger charge is 2.38. The fraction of sp³-hybridized carbons (Fsp3) is 0.538. The number of fused-ring (bicyclic) bond motifs is 1. The zero-order valence-electron chi connectivity index (χ0n) is 10.2. The Morgan fingerprint density at radius 2 is 2.35 bits per heavy atom. The van der Waals surface area contributed by atoms with Gasteiger partial charge in [0.15, 0.2) is 0 Å². The molecule has 0 saturated carbocycles. The van der Waals surface area contributed by atoms with Crippen molar-refractivity contribution in [2.75, 3.05) is 13.7 Å². The van der Waals surface area contributed by atoms with E-state index in [-0.39, 0.29) is 11.6 Å². The Morgan fingerprint density at radius 1 is 1.59 bits per heavy atom. The molecule has 2 rings (SSSR count). The fourth-order valence-electron chi connectivity index (χ4n) is 2.36. The number of halogens is 1. The number of rotatable bonds is 3. The van der Waals surface area contributed by atoms with Crippen molar-refractivity contribution in [1.82, 2.24) is 0 Å². The van der Waals surface area contributed by atoms with Crippen LogP contribution < -0.4 is 10.5 Å². The molecule has 0 bridgehead atoms. The first kappa shape index (κ1) is 12.9. The minimum atomic E-state index is -0.290. The van der Waals surface area contributed by atoms with Gasteiger partial charge in [0.1, 0.15) is 11.4 Å². The minimum absolute atomic E-state index is 0.0157. The van der Waals surface area contributed by atoms with Gasteiger partial charge in [0.2, 0.25) is 0 Å². The second-order valence-electron chi connectivity index (χ2n) is 4.56. The van der Waals surface area contributed by atoms with E-state index >= 15 is 0 Å². The number of methoxy groups -OCH3 is 1. The normalized spacial score (nSPS) is 27.4. The van der Waals surface area contributed by atoms with Gasteiger partial charge in [-0.05, 0) is 18.6 Å². The molecule has 1 unspecified atom stereocenters. The molecule has 4 heteroatoms. The predicted octanol–water partition coefficient (Wildman–Crippen LogP) is 3.03. The van der Waals surface area contributed by atoms with Crippen molar-refractivity contribution in [1.29, 1.82) is 0 Å². The average molecular weight is 300 g/mol. The topological polar surface area (TPSA) is 44.5 Å². The van der Waals surface area contributed by atoms with Gasteiger partial charge in [0.25, 0.3) is 0 Å². The smallest absolute Gasteiger partial charge is 0.134 e. The van der Waals surface area contributed by atoms with Crippen molar-refractivity contribution in [3.8, 4) is 5.75 Å². The molecular formula is C13H18BrNO2. The molecule has 0 aliphatic carbocycles. The van der Waals surface area contributed by atoms with Crippen LogP contribution in [-0.4, -0.2) is 19.3 Å². The van der Waals surface area contributed by atoms with E-state index in [9.17, 15) is 0 Å². The van der Waals surface area contributed by atoms with Crippen LogP contribution in [-0.2, 0) is 4.74 Å². The van der Waals surface area contributed by atoms with Crippen molar-refractivity contribution in [2.45, 2.75) is 31.4 Å². The Hall–Kier alpha value is -0.580. The first-order valence-electron chi connectivity index (χ1n) is 5.83. The molecule has 0 aromatic heterocycles. The molecule has 1 heterocycles. The Balaban J connectivity index is 2.36. The van der Waals surface area contributed by atoms with E-state index in [2.05, 4.69) is 22.9 Å². The summed E-state index contributed by atoms with van der Waals surface area (Å²) >= 11 is 3.46. The zero-order valence-corrected chi connectivity index (χ0v) is 11.8. The summed E-state index contributed by atoms with van der Waals surface area (Å²) in [6, 6.07) is 6.02. The SMILES string of the molecule is CCC1(COC)C[C@@H](N)c2ccc(Br)cc2O1. The maximum Gasteiger partial charge on any atom is 0.134 e. The van der Waals surface area contributed by atoms with Crippen molar-refractivity contribution in [3.63, 3.8) is 0 Å². The molecule has 0 saturated heterocycles. The number of benzene rings is 1. The van der Waals surface area contributed by atoms with Crippen LogP contribution in [0.5, 0.6) is 5.75 Å². The van der Waals surface area contributed by atoms with Crippen LogP contribution in [0.4, 0.5) is 0 Å². The van der Waals surface area contributed by atoms with Crippen molar-refractivity contribution >= 4 is 15.9 Å². The lowest BCUT2D eigenvalue weighted by Gasteiger charge is -2.40. The molecule has 1 aliphatic heterocycles. The molecule has 94 valence electrons. The summed E-state index contributed by atoms with van der Waals surface area (Å²) in [5, 5.41) is 0. The van der Waals surface area contributed by atoms with Crippen molar-refractivity contribution in [3.05, 3.63) is 28.2 Å². The third kappa shape index (κ3) is 2.49. The van der Waals surface area contributed by atoms with Crippen LogP contribution in [0.3, 0.4) is 0 Å². The van der Waals surface area contributed by atoms with E-state index in [4.69, 9.17) is 15.2 Å². The van der Waals surface area contributed by atoms with Gasteiger partial charge in [-0.15, -0.1) is 0 Å². The third-order valence-electron chi connectivity index (χ3n) is 3.35. The van der Waals surface area contributed by atoms with Crippen LogP contribution >= 0.6 is 15.9 Å². The molecule has 0 spiro atoms. The molecule has 2 atom stereocenters. The Morgan fingerprint density at radius 3 is 3.00 bits per heavy atom. The van der Waals surface area contributed by atoms with Gasteiger partial charge in [-0.25, -0.2) is 0 Å². The fourth-order valence-corrected chi connectivity index (χ4v) is 2.70. The summed E-state index contributed by atoms with van der Waals surface area (Å²) < 4.78 is 12.4. The Kier molecular flexibility index (Phi) is 3.76. The zero-order chi connectivity index (χ0) is 12.5. The van der Waals surface area contributed by atoms with Gasteiger partial charge in [-0.1, -0.05) is 28.9 Å². The molecular weight excluding hydrogens is 282 g/mol. The number of hydrogen-bond donors (Lipinski definition) is 1. The molecule has 1 aromatic rings. The molecule has 2 N–H and O–H groups in total. The largest absolute Gasteiger partial charge is 0.484 e. The summed E-state index contributed by atoms with van der Waals surface area (Å²) in [4.78, 5) is 0. The van der Waals surface area contributed by atoms with E-state index < -0.39 is 0 Å². The highest BCUT2D eigenvalue weighted by Crippen LogP contribution is 2.41. The predicted molar refractivity (Wildman–Crippen MR) is 71.2 cm³/mol. The van der Waals surface area contributed by atoms with Crippen LogP contribution in [0.25, 0.3) is 0 Å². The van der Waals surface area contributed by atoms with E-state index in [0.717, 1.165) is 28.6 Å². The number of ether oxygens (including phenoxy) is 2. The number of hydrogen-bond acceptors (Lipinski definition) is 3. The van der Waals surface area contributed by atoms with Gasteiger partial charge in [0.05, 0.1) is 6.61 Å². The third-order valence-corrected chi connectivity index (χ3v) is 3.84. The van der Waals surface area contributed by atoms with Crippen LogP contribution in [0.15, 0.2) is 22.7 Å². The Labute approximate surface area is 110 Å². The van der Waals surface area contributed by atoms with Crippen LogP contribution in [0.1, 0.15) is 31.4 Å². The second kappa shape index (κ2) is 4.96. The maximum absolute atomic E-state index is 6.23. The van der Waals surface area contributed by atoms with E-state index in [0.29, 0.717) is 6.61 Å². The van der Waals surface area contributed by atoms with E-state index in [1.165, 1.54) is 0 Å². The highest BCUT2D eigenvalue weighted by molar-refractivity contribution is 9.10. The molecule has 1 aromatic carbocycles. The quantitative estimate of drug-likeness (QED) is 0.933. The Bertz CT molecular complexity index is 410. The lowest BCUT2D eigenvalue weighted by atomic mass is 9.86. The van der Waals surface area contributed by atoms with Gasteiger partial charge in [-0.3, -0.25) is 0 Å². The van der Waals surface area contributed by atoms with E-state index in [1.807, 2.05) is 18.2 Å². The molecule has 0 amide bonds. The molecule has 1 aliphatic rings. The minimum Gasteiger partial charge on any atom is -0.484 e. The summed E-state index contributed by atoms with van der Waals surface area (Å²) in [6.45, 7) is 2.68. The second-order valence-corrected chi connectivity index (χ2v) is 5.48. The maximum atomic E-state index is 6.23. The van der Waals surface area contributed by atoms with Crippen LogP contribution in [0, 0.1) is 0 Å². The molecule has 0 radical (unpaired) electrons. The average Bonchev–Trinajstić information content (AvgIpc) is 2.28. The van der Waals surface area contributed by atoms with Crippen LogP contribution in [0.2, 0.25) is 0 Å². The van der Waals surface area contributed by atoms with E-state index in [1.54, 1.807) is 7.11 Å². The molecule has 17 heavy (non-hydrogen) atoms. The van der Waals surface area contributed by atoms with Gasteiger partial charge < -0.3 is 15.2 Å². The lowest BCUT2D eigenvalue weighted by molar-refractivity contribution is -0.0338. The van der Waals surface area contributed by atoms with Gasteiger partial charge in [0, 0.05) is 29.6 Å². The number of nitrogens with two attached hydrogens (primary N) is 1. The molecule has 3 nitrogen and oxygen atoms in total. The first-order valence-corrected chi connectivity index (χ1v) is 6.62. The monoisotopic (exact) mass is 299 g/mol. The van der Waals surface area contributed by atoms with Gasteiger partial charge >= 0.3 is 0 Å². The summed E-state index contributed by atoms with van der Waals surface area (Å²) in [5.41, 5.74) is 7.01. The lowest BCUT2D eigenvalue weighted by Crippen LogP contribution is -2.46. The summed E-state index contributed by atoms with van der Waals surface area (Å²) in [5.74, 6) is 0.872.